The van der Waals surface area contributed by atoms with Crippen LogP contribution < -0.4 is 0 Å². The highest BCUT2D eigenvalue weighted by Gasteiger charge is 2.31. The van der Waals surface area contributed by atoms with E-state index in [1.807, 2.05) is 0 Å². The van der Waals surface area contributed by atoms with Crippen LogP contribution in [0.15, 0.2) is 0 Å². The lowest BCUT2D eigenvalue weighted by molar-refractivity contribution is 0.277. The van der Waals surface area contributed by atoms with Gasteiger partial charge in [-0.15, -0.1) is 12.8 Å². The molecule has 0 aromatic heterocycles. The third-order valence-corrected chi connectivity index (χ3v) is 3.51. The fourth-order valence-corrected chi connectivity index (χ4v) is 2.73. The molecular formula is C7H4OS2. The van der Waals surface area contributed by atoms with Crippen LogP contribution in [0.4, 0.5) is 4.79 Å². The molecular weight excluding hydrogens is 164 g/mol. The number of carbonyl (C=O) groups is 1. The van der Waals surface area contributed by atoms with Gasteiger partial charge in [-0.05, 0) is 0 Å². The molecule has 2 atom stereocenters. The first-order chi connectivity index (χ1) is 4.77. The molecule has 1 heterocycles. The minimum atomic E-state index is -0.123. The van der Waals surface area contributed by atoms with Crippen molar-refractivity contribution in [3.63, 3.8) is 0 Å². The van der Waals surface area contributed by atoms with Crippen molar-refractivity contribution in [2.45, 2.75) is 10.5 Å². The summed E-state index contributed by atoms with van der Waals surface area (Å²) in [5, 5.41) is -0.245. The number of thioether (sulfide) groups is 2. The predicted molar refractivity (Wildman–Crippen MR) is 45.8 cm³/mol. The number of rotatable bonds is 0. The van der Waals surface area contributed by atoms with Gasteiger partial charge in [0, 0.05) is 0 Å². The molecule has 0 aliphatic carbocycles. The standard InChI is InChI=1S/C7H4OS2/c1-3-5-6(4-2)10-7(8)9-5/h1-2,5-6H. The van der Waals surface area contributed by atoms with Crippen molar-refractivity contribution in [1.29, 1.82) is 0 Å². The Morgan fingerprint density at radius 1 is 1.20 bits per heavy atom. The summed E-state index contributed by atoms with van der Waals surface area (Å²) in [6.45, 7) is 0. The van der Waals surface area contributed by atoms with Gasteiger partial charge in [-0.3, -0.25) is 4.79 Å². The Morgan fingerprint density at radius 2 is 1.60 bits per heavy atom. The molecule has 2 unspecified atom stereocenters. The van der Waals surface area contributed by atoms with Crippen LogP contribution in [-0.4, -0.2) is 14.9 Å². The van der Waals surface area contributed by atoms with E-state index in [4.69, 9.17) is 12.8 Å². The van der Waals surface area contributed by atoms with Crippen LogP contribution in [0.1, 0.15) is 0 Å². The SMILES string of the molecule is C#CC1SC(=O)SC1C#C. The molecule has 50 valence electrons. The van der Waals surface area contributed by atoms with Gasteiger partial charge in [0.15, 0.2) is 0 Å². The molecule has 0 bridgehead atoms. The maximum absolute atomic E-state index is 10.7. The fourth-order valence-electron chi connectivity index (χ4n) is 0.602. The molecule has 1 rings (SSSR count). The molecule has 0 radical (unpaired) electrons. The van der Waals surface area contributed by atoms with E-state index >= 15 is 0 Å². The average Bonchev–Trinajstić information content (AvgIpc) is 2.30. The molecule has 1 aliphatic rings. The summed E-state index contributed by atoms with van der Waals surface area (Å²) in [5.41, 5.74) is 0. The molecule has 10 heavy (non-hydrogen) atoms. The molecule has 0 amide bonds. The zero-order valence-electron chi connectivity index (χ0n) is 5.03. The van der Waals surface area contributed by atoms with E-state index in [0.717, 1.165) is 23.5 Å². The fraction of sp³-hybridized carbons (Fsp3) is 0.286. The summed E-state index contributed by atoms with van der Waals surface area (Å²) in [4.78, 5) is 10.7. The lowest BCUT2D eigenvalue weighted by Gasteiger charge is -2.00. The number of hydrogen-bond donors (Lipinski definition) is 0. The van der Waals surface area contributed by atoms with Crippen molar-refractivity contribution in [3.8, 4) is 24.7 Å². The summed E-state index contributed by atoms with van der Waals surface area (Å²) in [5.74, 6) is 4.95. The minimum Gasteiger partial charge on any atom is -0.274 e. The van der Waals surface area contributed by atoms with Gasteiger partial charge in [0.2, 0.25) is 4.45 Å². The summed E-state index contributed by atoms with van der Waals surface area (Å²) < 4.78 is 0.0332. The minimum absolute atomic E-state index is 0.0332. The Balaban J connectivity index is 2.71. The molecule has 3 heteroatoms. The topological polar surface area (TPSA) is 17.1 Å². The second-order valence-corrected chi connectivity index (χ2v) is 4.15. The van der Waals surface area contributed by atoms with Crippen molar-refractivity contribution in [2.75, 3.05) is 0 Å². The second kappa shape index (κ2) is 3.05. The largest absolute Gasteiger partial charge is 0.274 e. The number of terminal acetylenes is 2. The Kier molecular flexibility index (Phi) is 2.32. The first-order valence-corrected chi connectivity index (χ1v) is 4.33. The van der Waals surface area contributed by atoms with Crippen molar-refractivity contribution >= 4 is 28.0 Å². The van der Waals surface area contributed by atoms with Gasteiger partial charge < -0.3 is 0 Å². The van der Waals surface area contributed by atoms with Gasteiger partial charge >= 0.3 is 0 Å². The van der Waals surface area contributed by atoms with Crippen LogP contribution in [0.3, 0.4) is 0 Å². The zero-order chi connectivity index (χ0) is 7.56. The van der Waals surface area contributed by atoms with E-state index < -0.39 is 0 Å². The van der Waals surface area contributed by atoms with Gasteiger partial charge in [0.05, 0.1) is 10.5 Å². The summed E-state index contributed by atoms with van der Waals surface area (Å²) >= 11 is 2.29. The normalized spacial score (nSPS) is 31.2. The molecule has 0 saturated carbocycles. The lowest BCUT2D eigenvalue weighted by Crippen LogP contribution is -2.09. The van der Waals surface area contributed by atoms with E-state index in [-0.39, 0.29) is 14.9 Å². The molecule has 1 nitrogen and oxygen atoms in total. The highest BCUT2D eigenvalue weighted by atomic mass is 32.2. The third kappa shape index (κ3) is 1.31. The Morgan fingerprint density at radius 3 is 1.90 bits per heavy atom. The maximum atomic E-state index is 10.7. The van der Waals surface area contributed by atoms with Gasteiger partial charge in [-0.1, -0.05) is 35.4 Å². The molecule has 1 saturated heterocycles. The number of carbonyl (C=O) groups excluding carboxylic acids is 1. The third-order valence-electron chi connectivity index (χ3n) is 1.05. The van der Waals surface area contributed by atoms with Crippen molar-refractivity contribution < 1.29 is 4.79 Å². The van der Waals surface area contributed by atoms with Gasteiger partial charge in [-0.25, -0.2) is 0 Å². The van der Waals surface area contributed by atoms with E-state index in [9.17, 15) is 4.79 Å². The van der Waals surface area contributed by atoms with E-state index in [2.05, 4.69) is 11.8 Å². The summed E-state index contributed by atoms with van der Waals surface area (Å²) in [6.07, 6.45) is 10.3. The van der Waals surface area contributed by atoms with Crippen LogP contribution in [0, 0.1) is 24.7 Å². The summed E-state index contributed by atoms with van der Waals surface area (Å²) in [6, 6.07) is 0. The second-order valence-electron chi connectivity index (χ2n) is 1.66. The van der Waals surface area contributed by atoms with Gasteiger partial charge in [0.1, 0.15) is 0 Å². The van der Waals surface area contributed by atoms with Crippen molar-refractivity contribution in [3.05, 3.63) is 0 Å². The molecule has 0 aromatic carbocycles. The van der Waals surface area contributed by atoms with E-state index in [1.165, 1.54) is 0 Å². The molecule has 0 spiro atoms. The predicted octanol–water partition coefficient (Wildman–Crippen LogP) is 1.59. The van der Waals surface area contributed by atoms with E-state index in [0.29, 0.717) is 0 Å². The van der Waals surface area contributed by atoms with Crippen LogP contribution in [0.5, 0.6) is 0 Å². The van der Waals surface area contributed by atoms with Gasteiger partial charge in [-0.2, -0.15) is 0 Å². The first kappa shape index (κ1) is 7.60. The average molecular weight is 168 g/mol. The number of hydrogen-bond acceptors (Lipinski definition) is 3. The molecule has 1 aliphatic heterocycles. The molecule has 0 aromatic rings. The monoisotopic (exact) mass is 168 g/mol. The summed E-state index contributed by atoms with van der Waals surface area (Å²) in [7, 11) is 0. The Hall–Kier alpha value is -0.510. The van der Waals surface area contributed by atoms with Crippen LogP contribution >= 0.6 is 23.5 Å². The zero-order valence-corrected chi connectivity index (χ0v) is 6.67. The lowest BCUT2D eigenvalue weighted by atomic mass is 10.3. The van der Waals surface area contributed by atoms with E-state index in [1.54, 1.807) is 0 Å². The molecule has 1 fully saturated rings. The Labute approximate surface area is 68.3 Å². The van der Waals surface area contributed by atoms with Crippen LogP contribution in [0.2, 0.25) is 0 Å². The van der Waals surface area contributed by atoms with Crippen LogP contribution in [0.25, 0.3) is 0 Å². The molecule has 0 N–H and O–H groups in total. The Bertz CT molecular complexity index is 209. The van der Waals surface area contributed by atoms with Gasteiger partial charge in [0.25, 0.3) is 0 Å². The first-order valence-electron chi connectivity index (χ1n) is 2.57. The quantitative estimate of drug-likeness (QED) is 0.511. The highest BCUT2D eigenvalue weighted by molar-refractivity contribution is 8.42. The van der Waals surface area contributed by atoms with Crippen molar-refractivity contribution in [1.82, 2.24) is 0 Å². The van der Waals surface area contributed by atoms with Crippen LogP contribution in [-0.2, 0) is 0 Å². The highest BCUT2D eigenvalue weighted by Crippen LogP contribution is 2.38. The van der Waals surface area contributed by atoms with Crippen molar-refractivity contribution in [2.24, 2.45) is 0 Å². The smallest absolute Gasteiger partial charge is 0.248 e. The maximum Gasteiger partial charge on any atom is 0.248 e.